The molecule has 1 heteroatoms. The molecule has 0 aliphatic heterocycles. The highest BCUT2D eigenvalue weighted by Crippen LogP contribution is 2.29. The Labute approximate surface area is 82.6 Å². The van der Waals surface area contributed by atoms with Gasteiger partial charge in [0.25, 0.3) is 0 Å². The fourth-order valence-corrected chi connectivity index (χ4v) is 2.12. The molecule has 76 valence electrons. The van der Waals surface area contributed by atoms with Crippen LogP contribution in [0, 0.1) is 11.8 Å². The fourth-order valence-electron chi connectivity index (χ4n) is 2.12. The summed E-state index contributed by atoms with van der Waals surface area (Å²) in [5.41, 5.74) is 0. The van der Waals surface area contributed by atoms with Crippen LogP contribution in [0.2, 0.25) is 0 Å². The Morgan fingerprint density at radius 2 is 2.08 bits per heavy atom. The minimum absolute atomic E-state index is 0.770. The zero-order valence-electron chi connectivity index (χ0n) is 9.05. The van der Waals surface area contributed by atoms with E-state index >= 15 is 0 Å². The number of nitrogens with one attached hydrogen (secondary N) is 1. The van der Waals surface area contributed by atoms with Gasteiger partial charge in [-0.2, -0.15) is 0 Å². The van der Waals surface area contributed by atoms with Gasteiger partial charge < -0.3 is 5.32 Å². The second-order valence-corrected chi connectivity index (χ2v) is 4.50. The standard InChI is InChI=1S/C12H23N/c1-4-5-8-13-12-7-6-10(2)11(3)9-12/h4,10-13H,1,5-9H2,2-3H3. The van der Waals surface area contributed by atoms with Crippen LogP contribution in [0.15, 0.2) is 12.7 Å². The van der Waals surface area contributed by atoms with E-state index in [1.165, 1.54) is 19.3 Å². The average Bonchev–Trinajstić information content (AvgIpc) is 2.12. The molecule has 1 aliphatic carbocycles. The molecule has 3 atom stereocenters. The van der Waals surface area contributed by atoms with Gasteiger partial charge >= 0.3 is 0 Å². The first-order valence-corrected chi connectivity index (χ1v) is 5.58. The minimum atomic E-state index is 0.770. The minimum Gasteiger partial charge on any atom is -0.314 e. The van der Waals surface area contributed by atoms with Crippen molar-refractivity contribution in [1.29, 1.82) is 0 Å². The monoisotopic (exact) mass is 181 g/mol. The van der Waals surface area contributed by atoms with E-state index in [-0.39, 0.29) is 0 Å². The maximum Gasteiger partial charge on any atom is 0.00699 e. The van der Waals surface area contributed by atoms with E-state index in [1.807, 2.05) is 6.08 Å². The Morgan fingerprint density at radius 3 is 2.69 bits per heavy atom. The van der Waals surface area contributed by atoms with Gasteiger partial charge in [0, 0.05) is 6.04 Å². The third kappa shape index (κ3) is 3.51. The Morgan fingerprint density at radius 1 is 1.31 bits per heavy atom. The molecule has 0 saturated heterocycles. The molecule has 13 heavy (non-hydrogen) atoms. The molecule has 0 heterocycles. The maximum atomic E-state index is 3.73. The van der Waals surface area contributed by atoms with E-state index in [0.717, 1.165) is 30.8 Å². The highest BCUT2D eigenvalue weighted by atomic mass is 14.9. The van der Waals surface area contributed by atoms with Crippen LogP contribution < -0.4 is 5.32 Å². The van der Waals surface area contributed by atoms with E-state index in [9.17, 15) is 0 Å². The van der Waals surface area contributed by atoms with Crippen molar-refractivity contribution in [3.63, 3.8) is 0 Å². The number of hydrogen-bond donors (Lipinski definition) is 1. The number of hydrogen-bond acceptors (Lipinski definition) is 1. The van der Waals surface area contributed by atoms with Crippen LogP contribution in [0.5, 0.6) is 0 Å². The molecule has 1 saturated carbocycles. The van der Waals surface area contributed by atoms with Crippen molar-refractivity contribution >= 4 is 0 Å². The van der Waals surface area contributed by atoms with Crippen molar-refractivity contribution in [1.82, 2.24) is 5.32 Å². The van der Waals surface area contributed by atoms with Crippen LogP contribution in [0.4, 0.5) is 0 Å². The normalized spacial score (nSPS) is 34.5. The van der Waals surface area contributed by atoms with Crippen molar-refractivity contribution in [3.05, 3.63) is 12.7 Å². The third-order valence-electron chi connectivity index (χ3n) is 3.38. The maximum absolute atomic E-state index is 3.73. The van der Waals surface area contributed by atoms with Gasteiger partial charge in [0.05, 0.1) is 0 Å². The molecule has 1 rings (SSSR count). The summed E-state index contributed by atoms with van der Waals surface area (Å²) in [4.78, 5) is 0. The summed E-state index contributed by atoms with van der Waals surface area (Å²) < 4.78 is 0. The van der Waals surface area contributed by atoms with Crippen LogP contribution in [0.25, 0.3) is 0 Å². The first-order chi connectivity index (χ1) is 6.24. The molecule has 3 unspecified atom stereocenters. The van der Waals surface area contributed by atoms with Gasteiger partial charge in [-0.1, -0.05) is 19.9 Å². The van der Waals surface area contributed by atoms with Gasteiger partial charge in [0.15, 0.2) is 0 Å². The van der Waals surface area contributed by atoms with E-state index in [0.29, 0.717) is 0 Å². The van der Waals surface area contributed by atoms with Crippen LogP contribution in [-0.4, -0.2) is 12.6 Å². The second-order valence-electron chi connectivity index (χ2n) is 4.50. The Kier molecular flexibility index (Phi) is 4.51. The molecule has 1 nitrogen and oxygen atoms in total. The lowest BCUT2D eigenvalue weighted by Crippen LogP contribution is -2.36. The first kappa shape index (κ1) is 10.8. The molecule has 0 bridgehead atoms. The van der Waals surface area contributed by atoms with Crippen LogP contribution in [0.3, 0.4) is 0 Å². The molecule has 1 fully saturated rings. The zero-order chi connectivity index (χ0) is 9.68. The van der Waals surface area contributed by atoms with Crippen molar-refractivity contribution in [2.24, 2.45) is 11.8 Å². The summed E-state index contributed by atoms with van der Waals surface area (Å²) in [6.45, 7) is 9.60. The molecule has 0 aromatic carbocycles. The van der Waals surface area contributed by atoms with Gasteiger partial charge in [-0.3, -0.25) is 0 Å². The summed E-state index contributed by atoms with van der Waals surface area (Å²) in [6.07, 6.45) is 7.20. The largest absolute Gasteiger partial charge is 0.314 e. The second kappa shape index (κ2) is 5.43. The van der Waals surface area contributed by atoms with Gasteiger partial charge in [0.2, 0.25) is 0 Å². The molecule has 1 N–H and O–H groups in total. The average molecular weight is 181 g/mol. The predicted octanol–water partition coefficient (Wildman–Crippen LogP) is 2.98. The molecule has 0 aromatic rings. The summed E-state index contributed by atoms with van der Waals surface area (Å²) in [6, 6.07) is 0.770. The molecule has 0 aromatic heterocycles. The SMILES string of the molecule is C=CCCNC1CCC(C)C(C)C1. The Balaban J connectivity index is 2.17. The van der Waals surface area contributed by atoms with Crippen molar-refractivity contribution < 1.29 is 0 Å². The van der Waals surface area contributed by atoms with Gasteiger partial charge in [-0.15, -0.1) is 6.58 Å². The van der Waals surface area contributed by atoms with E-state index < -0.39 is 0 Å². The quantitative estimate of drug-likeness (QED) is 0.519. The molecule has 0 spiro atoms. The predicted molar refractivity (Wildman–Crippen MR) is 58.8 cm³/mol. The third-order valence-corrected chi connectivity index (χ3v) is 3.38. The first-order valence-electron chi connectivity index (χ1n) is 5.58. The van der Waals surface area contributed by atoms with Gasteiger partial charge in [-0.25, -0.2) is 0 Å². The molecular formula is C12H23N. The lowest BCUT2D eigenvalue weighted by Gasteiger charge is -2.32. The summed E-state index contributed by atoms with van der Waals surface area (Å²) in [7, 11) is 0. The summed E-state index contributed by atoms with van der Waals surface area (Å²) in [5, 5.41) is 3.60. The lowest BCUT2D eigenvalue weighted by molar-refractivity contribution is 0.227. The van der Waals surface area contributed by atoms with Crippen molar-refractivity contribution in [2.75, 3.05) is 6.54 Å². The Hall–Kier alpha value is -0.300. The van der Waals surface area contributed by atoms with Crippen LogP contribution >= 0.6 is 0 Å². The van der Waals surface area contributed by atoms with Crippen molar-refractivity contribution in [3.8, 4) is 0 Å². The highest BCUT2D eigenvalue weighted by Gasteiger charge is 2.23. The lowest BCUT2D eigenvalue weighted by atomic mass is 9.79. The van der Waals surface area contributed by atoms with Gasteiger partial charge in [0.1, 0.15) is 0 Å². The topological polar surface area (TPSA) is 12.0 Å². The van der Waals surface area contributed by atoms with Crippen molar-refractivity contribution in [2.45, 2.75) is 45.6 Å². The van der Waals surface area contributed by atoms with E-state index in [2.05, 4.69) is 25.7 Å². The van der Waals surface area contributed by atoms with Gasteiger partial charge in [-0.05, 0) is 44.1 Å². The highest BCUT2D eigenvalue weighted by molar-refractivity contribution is 4.80. The summed E-state index contributed by atoms with van der Waals surface area (Å²) in [5.74, 6) is 1.83. The number of rotatable bonds is 4. The van der Waals surface area contributed by atoms with E-state index in [1.54, 1.807) is 0 Å². The molecule has 0 amide bonds. The molecule has 0 radical (unpaired) electrons. The van der Waals surface area contributed by atoms with Crippen LogP contribution in [-0.2, 0) is 0 Å². The summed E-state index contributed by atoms with van der Waals surface area (Å²) >= 11 is 0. The Bertz CT molecular complexity index is 153. The zero-order valence-corrected chi connectivity index (χ0v) is 9.05. The smallest absolute Gasteiger partial charge is 0.00699 e. The van der Waals surface area contributed by atoms with Crippen LogP contribution in [0.1, 0.15) is 39.5 Å². The molecule has 1 aliphatic rings. The molecular weight excluding hydrogens is 158 g/mol. The fraction of sp³-hybridized carbons (Fsp3) is 0.833. The van der Waals surface area contributed by atoms with E-state index in [4.69, 9.17) is 0 Å².